The largest absolute Gasteiger partial charge is 0.297 e. The monoisotopic (exact) mass is 387 g/mol. The number of nitrogens with one attached hydrogen (secondary N) is 2. The number of nitrogens with zero attached hydrogens (tertiary/aromatic N) is 3. The fourth-order valence-electron chi connectivity index (χ4n) is 3.04. The Balaban J connectivity index is 1.36. The summed E-state index contributed by atoms with van der Waals surface area (Å²) >= 11 is 3.07. The van der Waals surface area contributed by atoms with Gasteiger partial charge in [0.25, 0.3) is 5.91 Å². The zero-order valence-corrected chi connectivity index (χ0v) is 16.2. The summed E-state index contributed by atoms with van der Waals surface area (Å²) in [5, 5.41) is 14.5. The number of aromatic nitrogens is 3. The van der Waals surface area contributed by atoms with E-state index in [2.05, 4.69) is 32.3 Å². The molecule has 0 spiro atoms. The average Bonchev–Trinajstić information content (AvgIpc) is 3.38. The van der Waals surface area contributed by atoms with E-state index in [1.807, 2.05) is 22.9 Å². The van der Waals surface area contributed by atoms with Gasteiger partial charge in [0.1, 0.15) is 0 Å². The second-order valence-electron chi connectivity index (χ2n) is 6.70. The maximum Gasteiger partial charge on any atom is 0.277 e. The van der Waals surface area contributed by atoms with Crippen molar-refractivity contribution in [3.05, 3.63) is 40.3 Å². The fraction of sp³-hybridized carbons (Fsp3) is 0.389. The first kappa shape index (κ1) is 17.4. The van der Waals surface area contributed by atoms with Crippen molar-refractivity contribution >= 4 is 33.7 Å². The van der Waals surface area contributed by atoms with Crippen LogP contribution in [0.1, 0.15) is 35.9 Å². The standard InChI is InChI=1S/C18H21N5OS2/c1-12-4-6-23(7-5-12)10-13-11-26-18(19-13)20-17(24)15-9-14(21-22-15)16-3-2-8-25-16/h2-3,8-9,11-12H,4-7,10H2,1H3,(H,21,22)(H,19,20,24). The maximum atomic E-state index is 12.4. The molecule has 0 bridgehead atoms. The van der Waals surface area contributed by atoms with Gasteiger partial charge >= 0.3 is 0 Å². The van der Waals surface area contributed by atoms with Crippen LogP contribution in [0.15, 0.2) is 29.0 Å². The number of thiophene rings is 1. The molecule has 3 aromatic rings. The molecule has 1 saturated heterocycles. The van der Waals surface area contributed by atoms with Crippen molar-refractivity contribution in [2.24, 2.45) is 5.92 Å². The van der Waals surface area contributed by atoms with Crippen LogP contribution in [0.4, 0.5) is 5.13 Å². The van der Waals surface area contributed by atoms with Gasteiger partial charge in [-0.05, 0) is 49.4 Å². The lowest BCUT2D eigenvalue weighted by Crippen LogP contribution is -2.32. The Hall–Kier alpha value is -2.03. The summed E-state index contributed by atoms with van der Waals surface area (Å²) in [7, 11) is 0. The van der Waals surface area contributed by atoms with Crippen molar-refractivity contribution in [1.82, 2.24) is 20.1 Å². The minimum Gasteiger partial charge on any atom is -0.297 e. The Labute approximate surface area is 160 Å². The number of carbonyl (C=O) groups is 1. The number of aromatic amines is 1. The summed E-state index contributed by atoms with van der Waals surface area (Å²) < 4.78 is 0. The predicted octanol–water partition coefficient (Wildman–Crippen LogP) is 4.08. The molecule has 2 N–H and O–H groups in total. The molecule has 136 valence electrons. The zero-order valence-electron chi connectivity index (χ0n) is 14.6. The topological polar surface area (TPSA) is 73.9 Å². The third kappa shape index (κ3) is 4.03. The number of hydrogen-bond donors (Lipinski definition) is 2. The van der Waals surface area contributed by atoms with Crippen LogP contribution in [-0.4, -0.2) is 39.1 Å². The van der Waals surface area contributed by atoms with Gasteiger partial charge in [-0.1, -0.05) is 13.0 Å². The van der Waals surface area contributed by atoms with E-state index in [0.29, 0.717) is 10.8 Å². The van der Waals surface area contributed by atoms with Gasteiger partial charge in [0, 0.05) is 11.9 Å². The van der Waals surface area contributed by atoms with E-state index in [1.54, 1.807) is 17.4 Å². The number of thiazole rings is 1. The molecule has 0 atom stereocenters. The van der Waals surface area contributed by atoms with Gasteiger partial charge in [0.05, 0.1) is 16.3 Å². The lowest BCUT2D eigenvalue weighted by atomic mass is 9.99. The highest BCUT2D eigenvalue weighted by atomic mass is 32.1. The number of likely N-dealkylation sites (tertiary alicyclic amines) is 1. The number of rotatable bonds is 5. The van der Waals surface area contributed by atoms with Crippen molar-refractivity contribution in [2.45, 2.75) is 26.3 Å². The van der Waals surface area contributed by atoms with Crippen LogP contribution in [0.3, 0.4) is 0 Å². The summed E-state index contributed by atoms with van der Waals surface area (Å²) in [6, 6.07) is 5.74. The fourth-order valence-corrected chi connectivity index (χ4v) is 4.43. The molecule has 1 fully saturated rings. The van der Waals surface area contributed by atoms with Crippen LogP contribution >= 0.6 is 22.7 Å². The quantitative estimate of drug-likeness (QED) is 0.692. The minimum atomic E-state index is -0.239. The van der Waals surface area contributed by atoms with Crippen molar-refractivity contribution < 1.29 is 4.79 Å². The normalized spacial score (nSPS) is 16.0. The summed E-state index contributed by atoms with van der Waals surface area (Å²) in [5.74, 6) is 0.584. The molecule has 0 radical (unpaired) electrons. The molecule has 0 saturated carbocycles. The average molecular weight is 388 g/mol. The molecular weight excluding hydrogens is 366 g/mol. The van der Waals surface area contributed by atoms with Gasteiger partial charge in [-0.25, -0.2) is 4.98 Å². The van der Waals surface area contributed by atoms with Crippen LogP contribution in [0.5, 0.6) is 0 Å². The van der Waals surface area contributed by atoms with Crippen molar-refractivity contribution in [3.8, 4) is 10.6 Å². The smallest absolute Gasteiger partial charge is 0.277 e. The van der Waals surface area contributed by atoms with Gasteiger partial charge in [-0.2, -0.15) is 5.10 Å². The van der Waals surface area contributed by atoms with Gasteiger partial charge in [-0.15, -0.1) is 22.7 Å². The molecule has 3 aromatic heterocycles. The molecule has 26 heavy (non-hydrogen) atoms. The molecule has 1 aliphatic rings. The Kier molecular flexibility index (Phi) is 5.14. The van der Waals surface area contributed by atoms with Crippen LogP contribution in [0, 0.1) is 5.92 Å². The second kappa shape index (κ2) is 7.69. The van der Waals surface area contributed by atoms with Gasteiger partial charge in [-0.3, -0.25) is 20.1 Å². The highest BCUT2D eigenvalue weighted by molar-refractivity contribution is 7.14. The highest BCUT2D eigenvalue weighted by Crippen LogP contribution is 2.24. The lowest BCUT2D eigenvalue weighted by Gasteiger charge is -2.29. The van der Waals surface area contributed by atoms with E-state index in [4.69, 9.17) is 0 Å². The zero-order chi connectivity index (χ0) is 17.9. The Morgan fingerprint density at radius 1 is 1.38 bits per heavy atom. The van der Waals surface area contributed by atoms with E-state index in [-0.39, 0.29) is 5.91 Å². The molecule has 0 aromatic carbocycles. The third-order valence-corrected chi connectivity index (χ3v) is 6.34. The molecule has 4 rings (SSSR count). The first-order valence-electron chi connectivity index (χ1n) is 8.75. The number of anilines is 1. The van der Waals surface area contributed by atoms with E-state index in [1.165, 1.54) is 24.2 Å². The van der Waals surface area contributed by atoms with Gasteiger partial charge < -0.3 is 0 Å². The first-order chi connectivity index (χ1) is 12.7. The van der Waals surface area contributed by atoms with Crippen molar-refractivity contribution in [2.75, 3.05) is 18.4 Å². The first-order valence-corrected chi connectivity index (χ1v) is 10.5. The number of hydrogen-bond acceptors (Lipinski definition) is 6. The Morgan fingerprint density at radius 2 is 2.23 bits per heavy atom. The number of H-pyrrole nitrogens is 1. The SMILES string of the molecule is CC1CCN(Cc2csc(NC(=O)c3cc(-c4cccs4)[nH]n3)n2)CC1. The molecule has 0 unspecified atom stereocenters. The summed E-state index contributed by atoms with van der Waals surface area (Å²) in [4.78, 5) is 20.4. The highest BCUT2D eigenvalue weighted by Gasteiger charge is 2.18. The molecular formula is C18H21N5OS2. The number of amides is 1. The molecule has 4 heterocycles. The van der Waals surface area contributed by atoms with Crippen molar-refractivity contribution in [3.63, 3.8) is 0 Å². The molecule has 6 nitrogen and oxygen atoms in total. The molecule has 1 amide bonds. The minimum absolute atomic E-state index is 0.239. The second-order valence-corrected chi connectivity index (χ2v) is 8.51. The van der Waals surface area contributed by atoms with Crippen molar-refractivity contribution in [1.29, 1.82) is 0 Å². The van der Waals surface area contributed by atoms with E-state index in [9.17, 15) is 4.79 Å². The Morgan fingerprint density at radius 3 is 3.00 bits per heavy atom. The van der Waals surface area contributed by atoms with Gasteiger partial charge in [0.15, 0.2) is 10.8 Å². The number of carbonyl (C=O) groups excluding carboxylic acids is 1. The summed E-state index contributed by atoms with van der Waals surface area (Å²) in [5.41, 5.74) is 2.24. The van der Waals surface area contributed by atoms with Crippen LogP contribution in [-0.2, 0) is 6.54 Å². The maximum absolute atomic E-state index is 12.4. The van der Waals surface area contributed by atoms with Crippen LogP contribution in [0.2, 0.25) is 0 Å². The lowest BCUT2D eigenvalue weighted by molar-refractivity contribution is 0.102. The summed E-state index contributed by atoms with van der Waals surface area (Å²) in [6.07, 6.45) is 2.50. The van der Waals surface area contributed by atoms with Crippen LogP contribution < -0.4 is 5.32 Å². The van der Waals surface area contributed by atoms with E-state index < -0.39 is 0 Å². The third-order valence-electron chi connectivity index (χ3n) is 4.63. The molecule has 1 aliphatic heterocycles. The summed E-state index contributed by atoms with van der Waals surface area (Å²) in [6.45, 7) is 5.41. The van der Waals surface area contributed by atoms with Gasteiger partial charge in [0.2, 0.25) is 0 Å². The molecule has 8 heteroatoms. The van der Waals surface area contributed by atoms with E-state index >= 15 is 0 Å². The van der Waals surface area contributed by atoms with E-state index in [0.717, 1.165) is 41.8 Å². The predicted molar refractivity (Wildman–Crippen MR) is 106 cm³/mol. The molecule has 0 aliphatic carbocycles. The van der Waals surface area contributed by atoms with Crippen LogP contribution in [0.25, 0.3) is 10.6 Å². The number of piperidine rings is 1. The Bertz CT molecular complexity index is 862.